The van der Waals surface area contributed by atoms with Gasteiger partial charge in [0.2, 0.25) is 0 Å². The van der Waals surface area contributed by atoms with E-state index in [1.165, 1.54) is 96.3 Å². The van der Waals surface area contributed by atoms with Gasteiger partial charge in [0.1, 0.15) is 43.2 Å². The molecule has 0 aliphatic heterocycles. The number of hydrogen-bond donors (Lipinski definition) is 6. The van der Waals surface area contributed by atoms with Gasteiger partial charge in [-0.15, -0.1) is 0 Å². The molecule has 0 bridgehead atoms. The first-order valence-corrected chi connectivity index (χ1v) is 26.3. The number of allylic oxidation sites excluding steroid dienone is 6. The summed E-state index contributed by atoms with van der Waals surface area (Å²) in [5, 5.41) is 50.2. The van der Waals surface area contributed by atoms with Gasteiger partial charge in [0, 0.05) is 12.8 Å². The van der Waals surface area contributed by atoms with Crippen molar-refractivity contribution in [3.8, 4) is 0 Å². The number of phosphoric acid groups is 1. The summed E-state index contributed by atoms with van der Waals surface area (Å²) < 4.78 is 33.6. The molecule has 8 atom stereocenters. The maximum absolute atomic E-state index is 12.8. The number of aliphatic hydroxyl groups is 5. The fourth-order valence-electron chi connectivity index (χ4n) is 7.43. The molecule has 14 heteroatoms. The van der Waals surface area contributed by atoms with Gasteiger partial charge < -0.3 is 39.9 Å². The Balaban J connectivity index is 2.42. The average molecular weight is 917 g/mol. The summed E-state index contributed by atoms with van der Waals surface area (Å²) in [5.74, 6) is -1.11. The SMILES string of the molecule is CCCCC/C=C/C/C=C/CCCCCCCC(=O)O[C@@H](COC(=O)CCCCCCCCCCC/C=C/CCCCCCCC)COP(=O)(O)OC1C(O)C(O)C(O)[C@H](O)C1O. The number of carbonyl (C=O) groups is 2. The molecule has 1 rings (SSSR count). The normalized spacial score (nSPS) is 22.0. The van der Waals surface area contributed by atoms with Crippen molar-refractivity contribution in [3.63, 3.8) is 0 Å². The molecule has 0 amide bonds. The number of phosphoric ester groups is 1. The number of unbranched alkanes of at least 4 members (excludes halogenated alkanes) is 23. The third kappa shape index (κ3) is 31.6. The maximum atomic E-state index is 12.8. The van der Waals surface area contributed by atoms with Gasteiger partial charge in [0.25, 0.3) is 0 Å². The van der Waals surface area contributed by atoms with Crippen LogP contribution in [0.25, 0.3) is 0 Å². The van der Waals surface area contributed by atoms with Crippen LogP contribution >= 0.6 is 7.82 Å². The Morgan fingerprint density at radius 2 is 0.857 bits per heavy atom. The van der Waals surface area contributed by atoms with E-state index >= 15 is 0 Å². The Morgan fingerprint density at radius 1 is 0.492 bits per heavy atom. The number of hydrogen-bond acceptors (Lipinski definition) is 12. The zero-order valence-corrected chi connectivity index (χ0v) is 40.0. The van der Waals surface area contributed by atoms with Crippen LogP contribution in [0.1, 0.15) is 206 Å². The van der Waals surface area contributed by atoms with Crippen LogP contribution in [0, 0.1) is 0 Å². The van der Waals surface area contributed by atoms with Gasteiger partial charge in [0.05, 0.1) is 6.61 Å². The second kappa shape index (κ2) is 39.3. The molecule has 0 aromatic carbocycles. The lowest BCUT2D eigenvalue weighted by molar-refractivity contribution is -0.220. The van der Waals surface area contributed by atoms with Crippen LogP contribution in [-0.4, -0.2) is 98.3 Å². The fourth-order valence-corrected chi connectivity index (χ4v) is 8.40. The van der Waals surface area contributed by atoms with E-state index in [0.717, 1.165) is 70.6 Å². The molecule has 1 aliphatic rings. The van der Waals surface area contributed by atoms with Gasteiger partial charge in [-0.25, -0.2) is 4.57 Å². The van der Waals surface area contributed by atoms with Gasteiger partial charge in [0.15, 0.2) is 6.10 Å². The van der Waals surface area contributed by atoms with Crippen molar-refractivity contribution in [2.24, 2.45) is 0 Å². The Labute approximate surface area is 380 Å². The van der Waals surface area contributed by atoms with Gasteiger partial charge >= 0.3 is 19.8 Å². The van der Waals surface area contributed by atoms with Gasteiger partial charge in [-0.05, 0) is 70.6 Å². The van der Waals surface area contributed by atoms with E-state index < -0.39 is 75.7 Å². The molecular weight excluding hydrogens is 828 g/mol. The van der Waals surface area contributed by atoms with Gasteiger partial charge in [-0.2, -0.15) is 0 Å². The van der Waals surface area contributed by atoms with E-state index in [2.05, 4.69) is 50.3 Å². The Bertz CT molecular complexity index is 1240. The largest absolute Gasteiger partial charge is 0.472 e. The van der Waals surface area contributed by atoms with E-state index in [1.807, 2.05) is 0 Å². The first kappa shape index (κ1) is 59.1. The van der Waals surface area contributed by atoms with Crippen LogP contribution in [0.2, 0.25) is 0 Å². The lowest BCUT2D eigenvalue weighted by Crippen LogP contribution is -2.64. The maximum Gasteiger partial charge on any atom is 0.472 e. The second-order valence-corrected chi connectivity index (χ2v) is 18.7. The van der Waals surface area contributed by atoms with E-state index in [4.69, 9.17) is 18.5 Å². The van der Waals surface area contributed by atoms with Crippen LogP contribution in [-0.2, 0) is 32.7 Å². The second-order valence-electron chi connectivity index (χ2n) is 17.3. The number of esters is 2. The van der Waals surface area contributed by atoms with Crippen LogP contribution in [0.15, 0.2) is 36.5 Å². The highest BCUT2D eigenvalue weighted by Crippen LogP contribution is 2.47. The number of aliphatic hydroxyl groups excluding tert-OH is 5. The Morgan fingerprint density at radius 3 is 1.33 bits per heavy atom. The Hall–Kier alpha value is -1.93. The van der Waals surface area contributed by atoms with Crippen LogP contribution < -0.4 is 0 Å². The zero-order chi connectivity index (χ0) is 46.4. The summed E-state index contributed by atoms with van der Waals surface area (Å²) in [6, 6.07) is 0. The highest BCUT2D eigenvalue weighted by Gasteiger charge is 2.51. The molecule has 13 nitrogen and oxygen atoms in total. The highest BCUT2D eigenvalue weighted by molar-refractivity contribution is 7.47. The molecule has 368 valence electrons. The first-order valence-electron chi connectivity index (χ1n) is 24.8. The number of rotatable bonds is 41. The molecule has 1 fully saturated rings. The van der Waals surface area contributed by atoms with Gasteiger partial charge in [-0.1, -0.05) is 159 Å². The topological polar surface area (TPSA) is 210 Å². The molecule has 1 saturated carbocycles. The van der Waals surface area contributed by atoms with Crippen LogP contribution in [0.3, 0.4) is 0 Å². The van der Waals surface area contributed by atoms with Crippen molar-refractivity contribution >= 4 is 19.8 Å². The molecular formula is C49H89O13P. The molecule has 0 spiro atoms. The molecule has 0 aromatic heterocycles. The standard InChI is InChI=1S/C49H89O13P/c1-3-5-7-9-11-13-15-17-19-20-21-22-24-25-27-29-31-33-35-37-42(50)59-39-41(40-60-63(57,58)62-49-47(55)45(53)44(52)46(54)48(49)56)61-43(51)38-36-34-32-30-28-26-23-18-16-14-12-10-8-6-4-2/h12,14,17-19,23,41,44-49,52-56H,3-11,13,15-16,20-22,24-40H2,1-2H3,(H,57,58)/b14-12+,19-17+,23-18+/t41-,44?,45-,46?,47?,48?,49?/m0/s1. The third-order valence-corrected chi connectivity index (χ3v) is 12.4. The lowest BCUT2D eigenvalue weighted by atomic mass is 9.85. The highest BCUT2D eigenvalue weighted by atomic mass is 31.2. The molecule has 63 heavy (non-hydrogen) atoms. The minimum atomic E-state index is -5.12. The van der Waals surface area contributed by atoms with Crippen LogP contribution in [0.5, 0.6) is 0 Å². The van der Waals surface area contributed by atoms with E-state index in [-0.39, 0.29) is 12.8 Å². The summed E-state index contributed by atoms with van der Waals surface area (Å²) >= 11 is 0. The summed E-state index contributed by atoms with van der Waals surface area (Å²) in [4.78, 5) is 35.8. The average Bonchev–Trinajstić information content (AvgIpc) is 3.26. The molecule has 0 radical (unpaired) electrons. The van der Waals surface area contributed by atoms with E-state index in [9.17, 15) is 44.6 Å². The summed E-state index contributed by atoms with van der Waals surface area (Å²) in [6.07, 6.45) is 31.9. The lowest BCUT2D eigenvalue weighted by Gasteiger charge is -2.41. The minimum Gasteiger partial charge on any atom is -0.462 e. The van der Waals surface area contributed by atoms with Crippen LogP contribution in [0.4, 0.5) is 0 Å². The van der Waals surface area contributed by atoms with Crippen molar-refractivity contribution in [1.29, 1.82) is 0 Å². The summed E-state index contributed by atoms with van der Waals surface area (Å²) in [5.41, 5.74) is 0. The molecule has 6 N–H and O–H groups in total. The zero-order valence-electron chi connectivity index (χ0n) is 39.1. The molecule has 0 saturated heterocycles. The van der Waals surface area contributed by atoms with E-state index in [0.29, 0.717) is 12.8 Å². The van der Waals surface area contributed by atoms with Crippen molar-refractivity contribution in [3.05, 3.63) is 36.5 Å². The van der Waals surface area contributed by atoms with Gasteiger partial charge in [-0.3, -0.25) is 18.6 Å². The summed E-state index contributed by atoms with van der Waals surface area (Å²) in [7, 11) is -5.12. The van der Waals surface area contributed by atoms with E-state index in [1.54, 1.807) is 0 Å². The molecule has 1 aliphatic carbocycles. The predicted octanol–water partition coefficient (Wildman–Crippen LogP) is 10.2. The fraction of sp³-hybridized carbons (Fsp3) is 0.837. The summed E-state index contributed by atoms with van der Waals surface area (Å²) in [6.45, 7) is 3.27. The quantitative estimate of drug-likeness (QED) is 0.0146. The first-order chi connectivity index (χ1) is 30.4. The van der Waals surface area contributed by atoms with Crippen molar-refractivity contribution < 1.29 is 63.1 Å². The van der Waals surface area contributed by atoms with Crippen molar-refractivity contribution in [2.45, 2.75) is 249 Å². The molecule has 6 unspecified atom stereocenters. The number of ether oxygens (including phenoxy) is 2. The Kier molecular flexibility index (Phi) is 36.8. The third-order valence-electron chi connectivity index (χ3n) is 11.5. The van der Waals surface area contributed by atoms with Crippen molar-refractivity contribution in [1.82, 2.24) is 0 Å². The molecule has 0 heterocycles. The molecule has 0 aromatic rings. The monoisotopic (exact) mass is 917 g/mol. The minimum absolute atomic E-state index is 0.0808. The number of carbonyl (C=O) groups excluding carboxylic acids is 2. The smallest absolute Gasteiger partial charge is 0.462 e. The predicted molar refractivity (Wildman–Crippen MR) is 249 cm³/mol. The van der Waals surface area contributed by atoms with Crippen molar-refractivity contribution in [2.75, 3.05) is 13.2 Å².